The van der Waals surface area contributed by atoms with Gasteiger partial charge in [-0.15, -0.1) is 0 Å². The Balaban J connectivity index is 3.45. The van der Waals surface area contributed by atoms with E-state index < -0.39 is 12.1 Å². The van der Waals surface area contributed by atoms with E-state index >= 15 is 0 Å². The van der Waals surface area contributed by atoms with Crippen molar-refractivity contribution in [2.75, 3.05) is 13.2 Å². The average Bonchev–Trinajstić information content (AvgIpc) is 3.33. The molecule has 0 spiro atoms. The second-order valence-corrected chi connectivity index (χ2v) is 20.3. The molecule has 0 aliphatic rings. The molecule has 0 aromatic carbocycles. The molecular weight excluding hydrogens is 827 g/mol. The van der Waals surface area contributed by atoms with Crippen LogP contribution in [0.3, 0.4) is 0 Å². The normalized spacial score (nSPS) is 12.8. The largest absolute Gasteiger partial charge is 0.466 e. The molecule has 0 saturated carbocycles. The van der Waals surface area contributed by atoms with E-state index in [4.69, 9.17) is 4.74 Å². The predicted molar refractivity (Wildman–Crippen MR) is 292 cm³/mol. The van der Waals surface area contributed by atoms with Gasteiger partial charge in [-0.25, -0.2) is 0 Å². The van der Waals surface area contributed by atoms with Gasteiger partial charge < -0.3 is 20.3 Å². The molecule has 1 amide bonds. The molecule has 0 heterocycles. The number of unbranched alkanes of at least 4 members (excludes halogenated alkanes) is 40. The molecule has 0 aromatic heterocycles. The number of amides is 1. The Hall–Kier alpha value is -1.92. The van der Waals surface area contributed by atoms with E-state index in [9.17, 15) is 19.8 Å². The summed E-state index contributed by atoms with van der Waals surface area (Å²) in [6.45, 7) is 4.87. The van der Waals surface area contributed by atoms with Gasteiger partial charge in [-0.1, -0.05) is 275 Å². The van der Waals surface area contributed by atoms with E-state index in [2.05, 4.69) is 43.5 Å². The first kappa shape index (κ1) is 65.1. The molecule has 0 fully saturated rings. The lowest BCUT2D eigenvalue weighted by atomic mass is 10.0. The molecule has 67 heavy (non-hydrogen) atoms. The predicted octanol–water partition coefficient (Wildman–Crippen LogP) is 18.4. The van der Waals surface area contributed by atoms with Crippen molar-refractivity contribution in [2.24, 2.45) is 0 Å². The maximum Gasteiger partial charge on any atom is 0.305 e. The quantitative estimate of drug-likeness (QED) is 0.0321. The molecule has 6 nitrogen and oxygen atoms in total. The summed E-state index contributed by atoms with van der Waals surface area (Å²) in [6.07, 6.45) is 70.2. The molecule has 3 N–H and O–H groups in total. The number of aliphatic hydroxyl groups is 2. The molecule has 0 aliphatic carbocycles. The molecule has 0 bridgehead atoms. The van der Waals surface area contributed by atoms with Crippen LogP contribution in [0.15, 0.2) is 36.5 Å². The monoisotopic (exact) mass is 942 g/mol. The first-order chi connectivity index (χ1) is 33.0. The number of nitrogens with one attached hydrogen (secondary N) is 1. The lowest BCUT2D eigenvalue weighted by Crippen LogP contribution is -2.45. The fourth-order valence-electron chi connectivity index (χ4n) is 9.08. The first-order valence-electron chi connectivity index (χ1n) is 29.8. The first-order valence-corrected chi connectivity index (χ1v) is 29.8. The average molecular weight is 943 g/mol. The number of aliphatic hydroxyl groups excluding tert-OH is 2. The Morgan fingerprint density at radius 1 is 0.418 bits per heavy atom. The van der Waals surface area contributed by atoms with Crippen LogP contribution in [0.25, 0.3) is 0 Å². The van der Waals surface area contributed by atoms with E-state index in [1.807, 2.05) is 6.08 Å². The van der Waals surface area contributed by atoms with Gasteiger partial charge in [-0.05, 0) is 64.2 Å². The molecule has 6 heteroatoms. The third-order valence-corrected chi connectivity index (χ3v) is 13.7. The number of rotatable bonds is 55. The number of hydrogen-bond acceptors (Lipinski definition) is 5. The van der Waals surface area contributed by atoms with Crippen molar-refractivity contribution < 1.29 is 24.5 Å². The van der Waals surface area contributed by atoms with Crippen LogP contribution in [-0.2, 0) is 14.3 Å². The van der Waals surface area contributed by atoms with Gasteiger partial charge >= 0.3 is 5.97 Å². The highest BCUT2D eigenvalue weighted by atomic mass is 16.5. The highest BCUT2D eigenvalue weighted by Crippen LogP contribution is 2.17. The molecule has 0 rings (SSSR count). The van der Waals surface area contributed by atoms with Crippen molar-refractivity contribution >= 4 is 11.9 Å². The van der Waals surface area contributed by atoms with E-state index in [1.165, 1.54) is 238 Å². The van der Waals surface area contributed by atoms with Gasteiger partial charge in [0.15, 0.2) is 0 Å². The number of carbonyl (C=O) groups excluding carboxylic acids is 2. The zero-order valence-corrected chi connectivity index (χ0v) is 44.9. The van der Waals surface area contributed by atoms with Gasteiger partial charge in [-0.2, -0.15) is 0 Å². The van der Waals surface area contributed by atoms with Crippen molar-refractivity contribution in [3.8, 4) is 0 Å². The zero-order valence-electron chi connectivity index (χ0n) is 44.9. The summed E-state index contributed by atoms with van der Waals surface area (Å²) >= 11 is 0. The van der Waals surface area contributed by atoms with Crippen LogP contribution in [0.1, 0.15) is 316 Å². The number of carbonyl (C=O) groups is 2. The third-order valence-electron chi connectivity index (χ3n) is 13.7. The smallest absolute Gasteiger partial charge is 0.305 e. The zero-order chi connectivity index (χ0) is 48.6. The van der Waals surface area contributed by atoms with Gasteiger partial charge in [-0.3, -0.25) is 9.59 Å². The van der Waals surface area contributed by atoms with E-state index in [0.29, 0.717) is 19.4 Å². The summed E-state index contributed by atoms with van der Waals surface area (Å²) in [5, 5.41) is 23.1. The second kappa shape index (κ2) is 56.7. The second-order valence-electron chi connectivity index (χ2n) is 20.3. The molecule has 0 saturated heterocycles. The van der Waals surface area contributed by atoms with Gasteiger partial charge in [0.05, 0.1) is 25.4 Å². The maximum absolute atomic E-state index is 12.5. The van der Waals surface area contributed by atoms with Crippen molar-refractivity contribution in [1.82, 2.24) is 5.32 Å². The summed E-state index contributed by atoms with van der Waals surface area (Å²) < 4.78 is 5.47. The highest BCUT2D eigenvalue weighted by molar-refractivity contribution is 5.76. The van der Waals surface area contributed by atoms with Gasteiger partial charge in [0.1, 0.15) is 0 Å². The topological polar surface area (TPSA) is 95.9 Å². The molecule has 2 unspecified atom stereocenters. The Labute approximate surface area is 417 Å². The molecule has 0 aliphatic heterocycles. The minimum atomic E-state index is -0.848. The summed E-state index contributed by atoms with van der Waals surface area (Å²) in [4.78, 5) is 24.5. The Morgan fingerprint density at radius 2 is 0.746 bits per heavy atom. The number of esters is 1. The van der Waals surface area contributed by atoms with Crippen LogP contribution in [0.5, 0.6) is 0 Å². The summed E-state index contributed by atoms with van der Waals surface area (Å²) in [5.41, 5.74) is 0. The minimum absolute atomic E-state index is 0.00751. The minimum Gasteiger partial charge on any atom is -0.466 e. The Bertz CT molecular complexity index is 1090. The maximum atomic E-state index is 12.5. The lowest BCUT2D eigenvalue weighted by Gasteiger charge is -2.20. The van der Waals surface area contributed by atoms with Gasteiger partial charge in [0.25, 0.3) is 0 Å². The standard InChI is InChI=1S/C61H115NO5/c1-3-5-7-9-11-13-15-17-19-22-26-29-33-37-41-45-49-53-59(64)58(57-63)62-60(65)54-50-46-42-38-34-30-27-23-20-21-24-28-32-36-40-44-48-52-56-67-61(66)55-51-47-43-39-35-31-25-18-16-14-12-10-8-6-4-2/h12,14,18,25,49,53,58-59,63-64H,3-11,13,15-17,19-24,26-48,50-52,54-57H2,1-2H3,(H,62,65)/b14-12-,25-18-,53-49+. The van der Waals surface area contributed by atoms with Crippen LogP contribution in [-0.4, -0.2) is 47.4 Å². The van der Waals surface area contributed by atoms with Crippen LogP contribution in [0, 0.1) is 0 Å². The van der Waals surface area contributed by atoms with Crippen molar-refractivity contribution in [2.45, 2.75) is 328 Å². The SMILES string of the molecule is CCCCC/C=C\C/C=C\CCCCCCCC(=O)OCCCCCCCCCCCCCCCCCCCCC(=O)NC(CO)C(O)/C=C/CCCCCCCCCCCCCCCCC. The fourth-order valence-corrected chi connectivity index (χ4v) is 9.08. The van der Waals surface area contributed by atoms with Crippen molar-refractivity contribution in [3.05, 3.63) is 36.5 Å². The van der Waals surface area contributed by atoms with Crippen molar-refractivity contribution in [3.63, 3.8) is 0 Å². The van der Waals surface area contributed by atoms with Crippen LogP contribution in [0.2, 0.25) is 0 Å². The number of ether oxygens (including phenoxy) is 1. The summed E-state index contributed by atoms with van der Waals surface area (Å²) in [6, 6.07) is -0.632. The van der Waals surface area contributed by atoms with E-state index in [1.54, 1.807) is 6.08 Å². The van der Waals surface area contributed by atoms with Gasteiger partial charge in [0, 0.05) is 12.8 Å². The van der Waals surface area contributed by atoms with E-state index in [0.717, 1.165) is 51.4 Å². The summed E-state index contributed by atoms with van der Waals surface area (Å²) in [7, 11) is 0. The Morgan fingerprint density at radius 3 is 1.16 bits per heavy atom. The highest BCUT2D eigenvalue weighted by Gasteiger charge is 2.18. The third kappa shape index (κ3) is 53.3. The molecule has 2 atom stereocenters. The van der Waals surface area contributed by atoms with Crippen LogP contribution >= 0.6 is 0 Å². The van der Waals surface area contributed by atoms with Crippen LogP contribution in [0.4, 0.5) is 0 Å². The van der Waals surface area contributed by atoms with Crippen LogP contribution < -0.4 is 5.32 Å². The molecular formula is C61H115NO5. The Kier molecular flexibility index (Phi) is 55.0. The lowest BCUT2D eigenvalue weighted by molar-refractivity contribution is -0.143. The number of allylic oxidation sites excluding steroid dienone is 5. The fraction of sp³-hybridized carbons (Fsp3) is 0.869. The van der Waals surface area contributed by atoms with E-state index in [-0.39, 0.29) is 18.5 Å². The molecule has 0 radical (unpaired) electrons. The molecule has 394 valence electrons. The van der Waals surface area contributed by atoms with Gasteiger partial charge in [0.2, 0.25) is 5.91 Å². The van der Waals surface area contributed by atoms with Crippen molar-refractivity contribution in [1.29, 1.82) is 0 Å². The summed E-state index contributed by atoms with van der Waals surface area (Å²) in [5.74, 6) is -0.0784. The molecule has 0 aromatic rings. The number of hydrogen-bond donors (Lipinski definition) is 3.